The van der Waals surface area contributed by atoms with Gasteiger partial charge in [0.25, 0.3) is 10.0 Å². The fourth-order valence-electron chi connectivity index (χ4n) is 3.47. The van der Waals surface area contributed by atoms with Crippen LogP contribution >= 0.6 is 34.7 Å². The first-order chi connectivity index (χ1) is 16.9. The molecule has 0 fully saturated rings. The van der Waals surface area contributed by atoms with Crippen LogP contribution in [0.25, 0.3) is 21.8 Å². The van der Waals surface area contributed by atoms with Gasteiger partial charge in [-0.2, -0.15) is 5.26 Å². The number of aromatic nitrogens is 1. The number of nitrogens with zero attached hydrogens (tertiary/aromatic N) is 2. The highest BCUT2D eigenvalue weighted by Crippen LogP contribution is 2.41. The Morgan fingerprint density at radius 1 is 1.11 bits per heavy atom. The van der Waals surface area contributed by atoms with Crippen LogP contribution in [-0.2, 0) is 15.8 Å². The topological polar surface area (TPSA) is 101 Å². The van der Waals surface area contributed by atoms with E-state index >= 15 is 0 Å². The van der Waals surface area contributed by atoms with Gasteiger partial charge in [-0.25, -0.2) is 18.1 Å². The van der Waals surface area contributed by atoms with Crippen molar-refractivity contribution in [1.82, 2.24) is 9.71 Å². The summed E-state index contributed by atoms with van der Waals surface area (Å²) >= 11 is 9.27. The molecule has 1 N–H and O–H groups in total. The molecule has 5 rings (SSSR count). The lowest BCUT2D eigenvalue weighted by atomic mass is 10.2. The number of rotatable bonds is 7. The molecule has 7 nitrogen and oxygen atoms in total. The van der Waals surface area contributed by atoms with Crippen molar-refractivity contribution >= 4 is 44.7 Å². The van der Waals surface area contributed by atoms with Gasteiger partial charge in [-0.15, -0.1) is 23.1 Å². The summed E-state index contributed by atoms with van der Waals surface area (Å²) in [4.78, 5) is 5.03. The molecule has 3 aromatic carbocycles. The number of hydrogen-bond donors (Lipinski definition) is 1. The first-order valence-electron chi connectivity index (χ1n) is 10.2. The molecule has 0 atom stereocenters. The third-order valence-corrected chi connectivity index (χ3v) is 8.86. The molecule has 11 heteroatoms. The second kappa shape index (κ2) is 9.79. The Balaban J connectivity index is 1.50. The van der Waals surface area contributed by atoms with E-state index in [4.69, 9.17) is 26.3 Å². The molecule has 35 heavy (non-hydrogen) atoms. The Labute approximate surface area is 215 Å². The van der Waals surface area contributed by atoms with Gasteiger partial charge in [0.05, 0.1) is 10.7 Å². The van der Waals surface area contributed by atoms with Gasteiger partial charge in [-0.1, -0.05) is 48.0 Å². The summed E-state index contributed by atoms with van der Waals surface area (Å²) in [6, 6.07) is 18.3. The minimum absolute atomic E-state index is 0.0411. The number of thioether (sulfide) groups is 1. The Hall–Kier alpha value is -3.23. The number of halogens is 1. The molecule has 4 aromatic rings. The molecule has 1 aromatic heterocycles. The Kier molecular flexibility index (Phi) is 6.58. The molecule has 0 bridgehead atoms. The van der Waals surface area contributed by atoms with Crippen molar-refractivity contribution in [2.24, 2.45) is 0 Å². The maximum Gasteiger partial charge on any atom is 0.271 e. The van der Waals surface area contributed by atoms with E-state index in [1.807, 2.05) is 58.6 Å². The molecule has 0 spiro atoms. The fraction of sp³-hybridized carbons (Fsp3) is 0.0833. The Morgan fingerprint density at radius 3 is 2.71 bits per heavy atom. The molecule has 176 valence electrons. The van der Waals surface area contributed by atoms with Gasteiger partial charge in [-0.05, 0) is 29.8 Å². The Morgan fingerprint density at radius 2 is 1.91 bits per heavy atom. The van der Waals surface area contributed by atoms with Gasteiger partial charge >= 0.3 is 0 Å². The van der Waals surface area contributed by atoms with Crippen molar-refractivity contribution in [2.75, 3.05) is 6.79 Å². The van der Waals surface area contributed by atoms with Crippen LogP contribution in [-0.4, -0.2) is 20.2 Å². The molecule has 0 unspecified atom stereocenters. The molecular formula is C24H16ClN3O4S3. The van der Waals surface area contributed by atoms with E-state index in [2.05, 4.69) is 4.98 Å². The first-order valence-corrected chi connectivity index (χ1v) is 13.9. The maximum atomic E-state index is 12.9. The van der Waals surface area contributed by atoms with Gasteiger partial charge in [0.2, 0.25) is 6.79 Å². The number of sulfonamides is 1. The fourth-order valence-corrected chi connectivity index (χ4v) is 6.94. The molecule has 2 heterocycles. The van der Waals surface area contributed by atoms with Crippen LogP contribution in [0.2, 0.25) is 5.02 Å². The number of hydrogen-bond acceptors (Lipinski definition) is 8. The van der Waals surface area contributed by atoms with Crippen molar-refractivity contribution in [3.63, 3.8) is 0 Å². The van der Waals surface area contributed by atoms with E-state index in [-0.39, 0.29) is 11.7 Å². The average molecular weight is 542 g/mol. The highest BCUT2D eigenvalue weighted by atomic mass is 35.5. The van der Waals surface area contributed by atoms with E-state index in [0.717, 1.165) is 16.8 Å². The van der Waals surface area contributed by atoms with Crippen LogP contribution in [0.5, 0.6) is 11.5 Å². The maximum absolute atomic E-state index is 12.9. The highest BCUT2D eigenvalue weighted by molar-refractivity contribution is 7.99. The van der Waals surface area contributed by atoms with Crippen LogP contribution in [0, 0.1) is 11.5 Å². The van der Waals surface area contributed by atoms with Crippen LogP contribution in [0.4, 0.5) is 0 Å². The molecule has 0 saturated heterocycles. The van der Waals surface area contributed by atoms with Crippen molar-refractivity contribution in [3.05, 3.63) is 76.6 Å². The quantitative estimate of drug-likeness (QED) is 0.176. The molecule has 0 radical (unpaired) electrons. The minimum Gasteiger partial charge on any atom is -0.454 e. The molecule has 0 saturated carbocycles. The molecule has 0 aliphatic carbocycles. The SMILES string of the molecule is N#CNS(=O)(=O)c1cc(-c2nc(-c3ccccc3)cs2)c(Cl)cc1SCc1ccc2c(c1)OCO2. The van der Waals surface area contributed by atoms with Crippen LogP contribution in [0.1, 0.15) is 5.56 Å². The summed E-state index contributed by atoms with van der Waals surface area (Å²) in [6.07, 6.45) is 1.51. The third-order valence-electron chi connectivity index (χ3n) is 5.14. The minimum atomic E-state index is -4.11. The number of fused-ring (bicyclic) bond motifs is 1. The van der Waals surface area contributed by atoms with Crippen LogP contribution in [0.3, 0.4) is 0 Å². The summed E-state index contributed by atoms with van der Waals surface area (Å²) < 4.78 is 38.5. The molecular weight excluding hydrogens is 526 g/mol. The van der Waals surface area contributed by atoms with Gasteiger partial charge < -0.3 is 9.47 Å². The summed E-state index contributed by atoms with van der Waals surface area (Å²) in [5.41, 5.74) is 3.11. The van der Waals surface area contributed by atoms with Crippen molar-refractivity contribution < 1.29 is 17.9 Å². The predicted octanol–water partition coefficient (Wildman–Crippen LogP) is 5.91. The van der Waals surface area contributed by atoms with Crippen molar-refractivity contribution in [2.45, 2.75) is 15.5 Å². The lowest BCUT2D eigenvalue weighted by Gasteiger charge is -2.12. The van der Waals surface area contributed by atoms with Crippen LogP contribution < -0.4 is 14.2 Å². The third kappa shape index (κ3) is 4.94. The lowest BCUT2D eigenvalue weighted by Crippen LogP contribution is -2.19. The molecule has 1 aliphatic heterocycles. The molecule has 1 aliphatic rings. The van der Waals surface area contributed by atoms with Gasteiger partial charge in [0, 0.05) is 27.2 Å². The van der Waals surface area contributed by atoms with E-state index in [0.29, 0.717) is 37.7 Å². The average Bonchev–Trinajstić information content (AvgIpc) is 3.53. The van der Waals surface area contributed by atoms with E-state index in [1.165, 1.54) is 35.4 Å². The van der Waals surface area contributed by atoms with E-state index in [9.17, 15) is 8.42 Å². The number of benzene rings is 3. The monoisotopic (exact) mass is 541 g/mol. The lowest BCUT2D eigenvalue weighted by molar-refractivity contribution is 0.174. The standard InChI is InChI=1S/C24H16ClN3O4S3/c25-18-10-22(33-11-15-6-7-20-21(8-15)32-14-31-20)23(35(29,30)27-13-26)9-17(18)24-28-19(12-34-24)16-4-2-1-3-5-16/h1-10,12,27H,11,14H2. The second-order valence-corrected chi connectivity index (χ2v) is 11.3. The zero-order valence-electron chi connectivity index (χ0n) is 17.9. The van der Waals surface area contributed by atoms with Crippen molar-refractivity contribution in [3.8, 4) is 39.5 Å². The summed E-state index contributed by atoms with van der Waals surface area (Å²) in [6.45, 7) is 0.175. The number of ether oxygens (including phenoxy) is 2. The summed E-state index contributed by atoms with van der Waals surface area (Å²) in [5.74, 6) is 1.77. The van der Waals surface area contributed by atoms with Crippen molar-refractivity contribution in [1.29, 1.82) is 5.26 Å². The smallest absolute Gasteiger partial charge is 0.271 e. The number of nitriles is 1. The van der Waals surface area contributed by atoms with Gasteiger partial charge in [-0.3, -0.25) is 0 Å². The van der Waals surface area contributed by atoms with E-state index in [1.54, 1.807) is 6.07 Å². The second-order valence-electron chi connectivity index (χ2n) is 7.38. The van der Waals surface area contributed by atoms with E-state index < -0.39 is 10.0 Å². The molecule has 0 amide bonds. The summed E-state index contributed by atoms with van der Waals surface area (Å²) in [7, 11) is -4.11. The normalized spacial score (nSPS) is 12.3. The Bertz CT molecular complexity index is 1550. The largest absolute Gasteiger partial charge is 0.454 e. The zero-order chi connectivity index (χ0) is 24.4. The highest BCUT2D eigenvalue weighted by Gasteiger charge is 2.23. The summed E-state index contributed by atoms with van der Waals surface area (Å²) in [5, 5.41) is 11.8. The number of thiazole rings is 1. The van der Waals surface area contributed by atoms with Gasteiger partial charge in [0.1, 0.15) is 9.90 Å². The van der Waals surface area contributed by atoms with Crippen LogP contribution in [0.15, 0.2) is 75.8 Å². The predicted molar refractivity (Wildman–Crippen MR) is 136 cm³/mol. The number of nitrogens with one attached hydrogen (secondary N) is 1. The van der Waals surface area contributed by atoms with Gasteiger partial charge in [0.15, 0.2) is 17.7 Å². The zero-order valence-corrected chi connectivity index (χ0v) is 21.1. The first kappa shape index (κ1) is 23.5.